The predicted octanol–water partition coefficient (Wildman–Crippen LogP) is 4.62. The van der Waals surface area contributed by atoms with Crippen LogP contribution in [0.5, 0.6) is 11.5 Å². The molecule has 0 aromatic heterocycles. The van der Waals surface area contributed by atoms with E-state index >= 15 is 0 Å². The number of methoxy groups -OCH3 is 1. The molecule has 2 aliphatic rings. The molecule has 4 rings (SSSR count). The summed E-state index contributed by atoms with van der Waals surface area (Å²) in [5.74, 6) is 0.950. The molecule has 0 aliphatic carbocycles. The topological polar surface area (TPSA) is 86.6 Å². The third-order valence-corrected chi connectivity index (χ3v) is 6.67. The number of hydrogen-bond donors (Lipinski definition) is 2. The molecule has 36 heavy (non-hydrogen) atoms. The number of ether oxygens (including phenoxy) is 5. The standard InChI is InChI=1S/C29H38O7/c1-4-5-6-10-13-21(17-20-11-8-7-9-12-20)28-33-18-24-27(36-28)25(30)26(31)29(35-24)34-22-15-14-19(2)16-23(22)32-3/h7-9,11-12,14-17,24-31H,4-6,10,13,18H2,1-3H3/t24-,25-,26-,27-,28?,29+/m1/s1. The maximum absolute atomic E-state index is 11.0. The summed E-state index contributed by atoms with van der Waals surface area (Å²) in [5.41, 5.74) is 3.09. The zero-order chi connectivity index (χ0) is 25.5. The van der Waals surface area contributed by atoms with Crippen molar-refractivity contribution in [3.05, 3.63) is 65.2 Å². The van der Waals surface area contributed by atoms with Gasteiger partial charge in [0.25, 0.3) is 0 Å². The minimum absolute atomic E-state index is 0.213. The van der Waals surface area contributed by atoms with Gasteiger partial charge >= 0.3 is 0 Å². The molecule has 2 aliphatic heterocycles. The maximum atomic E-state index is 11.0. The van der Waals surface area contributed by atoms with Crippen LogP contribution in [0.25, 0.3) is 6.08 Å². The molecule has 2 aromatic rings. The molecule has 2 heterocycles. The Labute approximate surface area is 213 Å². The Morgan fingerprint density at radius 2 is 1.81 bits per heavy atom. The molecule has 1 unspecified atom stereocenters. The average Bonchev–Trinajstić information content (AvgIpc) is 2.90. The van der Waals surface area contributed by atoms with E-state index in [1.807, 2.05) is 49.4 Å². The van der Waals surface area contributed by atoms with Gasteiger partial charge in [-0.15, -0.1) is 0 Å². The SMILES string of the molecule is CCCCCCC(=Cc1ccccc1)C1OC[C@H]2O[C@H](Oc3ccc(C)cc3OC)[C@H](O)[C@@H](O)[C@@H]2O1. The molecule has 2 aromatic carbocycles. The second-order valence-electron chi connectivity index (χ2n) is 9.50. The Balaban J connectivity index is 1.46. The molecule has 0 spiro atoms. The third kappa shape index (κ3) is 6.47. The number of aliphatic hydroxyl groups excluding tert-OH is 2. The molecular formula is C29H38O7. The van der Waals surface area contributed by atoms with E-state index in [-0.39, 0.29) is 6.61 Å². The van der Waals surface area contributed by atoms with Gasteiger partial charge in [0, 0.05) is 0 Å². The maximum Gasteiger partial charge on any atom is 0.229 e. The van der Waals surface area contributed by atoms with Gasteiger partial charge in [-0.2, -0.15) is 0 Å². The van der Waals surface area contributed by atoms with Crippen LogP contribution >= 0.6 is 0 Å². The summed E-state index contributed by atoms with van der Waals surface area (Å²) in [6, 6.07) is 15.5. The van der Waals surface area contributed by atoms with Crippen LogP contribution < -0.4 is 9.47 Å². The number of aliphatic hydroxyl groups is 2. The van der Waals surface area contributed by atoms with Crippen molar-refractivity contribution in [1.29, 1.82) is 0 Å². The number of fused-ring (bicyclic) bond motifs is 1. The molecule has 7 heteroatoms. The molecule has 7 nitrogen and oxygen atoms in total. The Hall–Kier alpha value is -2.42. The van der Waals surface area contributed by atoms with Gasteiger partial charge in [0.05, 0.1) is 13.7 Å². The monoisotopic (exact) mass is 498 g/mol. The van der Waals surface area contributed by atoms with Gasteiger partial charge in [-0.25, -0.2) is 0 Å². The van der Waals surface area contributed by atoms with E-state index < -0.39 is 37.0 Å². The van der Waals surface area contributed by atoms with E-state index in [9.17, 15) is 10.2 Å². The minimum atomic E-state index is -1.30. The minimum Gasteiger partial charge on any atom is -0.493 e. The van der Waals surface area contributed by atoms with Crippen molar-refractivity contribution < 1.29 is 33.9 Å². The van der Waals surface area contributed by atoms with E-state index in [2.05, 4.69) is 13.0 Å². The quantitative estimate of drug-likeness (QED) is 0.462. The molecule has 196 valence electrons. The first-order chi connectivity index (χ1) is 17.5. The summed E-state index contributed by atoms with van der Waals surface area (Å²) in [6.45, 7) is 4.35. The Bertz CT molecular complexity index is 990. The molecule has 6 atom stereocenters. The van der Waals surface area contributed by atoms with Gasteiger partial charge in [0.2, 0.25) is 6.29 Å². The van der Waals surface area contributed by atoms with Crippen LogP contribution in [0.3, 0.4) is 0 Å². The first-order valence-corrected chi connectivity index (χ1v) is 12.9. The number of unbranched alkanes of at least 4 members (excludes halogenated alkanes) is 3. The van der Waals surface area contributed by atoms with Crippen molar-refractivity contribution in [3.8, 4) is 11.5 Å². The smallest absolute Gasteiger partial charge is 0.229 e. The number of hydrogen-bond acceptors (Lipinski definition) is 7. The Morgan fingerprint density at radius 3 is 2.56 bits per heavy atom. The second kappa shape index (κ2) is 12.7. The van der Waals surface area contributed by atoms with Gasteiger partial charge in [-0.05, 0) is 48.6 Å². The van der Waals surface area contributed by atoms with Crippen LogP contribution in [0.4, 0.5) is 0 Å². The fraction of sp³-hybridized carbons (Fsp3) is 0.517. The van der Waals surface area contributed by atoms with Crippen molar-refractivity contribution in [2.24, 2.45) is 0 Å². The van der Waals surface area contributed by atoms with Gasteiger partial charge < -0.3 is 33.9 Å². The highest BCUT2D eigenvalue weighted by atomic mass is 16.8. The van der Waals surface area contributed by atoms with Crippen LogP contribution in [0.15, 0.2) is 54.1 Å². The molecule has 2 fully saturated rings. The lowest BCUT2D eigenvalue weighted by atomic mass is 9.97. The van der Waals surface area contributed by atoms with E-state index in [1.54, 1.807) is 13.2 Å². The lowest BCUT2D eigenvalue weighted by Gasteiger charge is -2.46. The summed E-state index contributed by atoms with van der Waals surface area (Å²) < 4.78 is 29.6. The lowest BCUT2D eigenvalue weighted by molar-refractivity contribution is -0.340. The van der Waals surface area contributed by atoms with Crippen molar-refractivity contribution >= 4 is 6.08 Å². The molecule has 2 saturated heterocycles. The molecule has 0 radical (unpaired) electrons. The summed E-state index contributed by atoms with van der Waals surface area (Å²) in [6.07, 6.45) is 1.90. The van der Waals surface area contributed by atoms with Crippen LogP contribution in [-0.2, 0) is 14.2 Å². The van der Waals surface area contributed by atoms with E-state index in [4.69, 9.17) is 23.7 Å². The zero-order valence-electron chi connectivity index (χ0n) is 21.3. The molecule has 2 N–H and O–H groups in total. The first kappa shape index (κ1) is 26.6. The predicted molar refractivity (Wildman–Crippen MR) is 137 cm³/mol. The van der Waals surface area contributed by atoms with Gasteiger partial charge in [-0.3, -0.25) is 0 Å². The average molecular weight is 499 g/mol. The summed E-state index contributed by atoms with van der Waals surface area (Å²) in [4.78, 5) is 0. The van der Waals surface area contributed by atoms with Crippen molar-refractivity contribution in [1.82, 2.24) is 0 Å². The Morgan fingerprint density at radius 1 is 1.00 bits per heavy atom. The number of benzene rings is 2. The highest BCUT2D eigenvalue weighted by Crippen LogP contribution is 2.35. The van der Waals surface area contributed by atoms with Crippen LogP contribution in [0, 0.1) is 6.92 Å². The van der Waals surface area contributed by atoms with Crippen molar-refractivity contribution in [3.63, 3.8) is 0 Å². The molecule has 0 bridgehead atoms. The van der Waals surface area contributed by atoms with E-state index in [1.165, 1.54) is 6.42 Å². The summed E-state index contributed by atoms with van der Waals surface area (Å²) in [5, 5.41) is 21.8. The molecular weight excluding hydrogens is 460 g/mol. The Kier molecular flexibility index (Phi) is 9.40. The lowest BCUT2D eigenvalue weighted by Crippen LogP contribution is -2.64. The van der Waals surface area contributed by atoms with Gasteiger partial charge in [-0.1, -0.05) is 68.7 Å². The second-order valence-corrected chi connectivity index (χ2v) is 9.50. The van der Waals surface area contributed by atoms with E-state index in [0.717, 1.165) is 42.4 Å². The number of rotatable bonds is 10. The highest BCUT2D eigenvalue weighted by molar-refractivity contribution is 5.53. The fourth-order valence-electron chi connectivity index (χ4n) is 4.64. The normalized spacial score (nSPS) is 28.4. The molecule has 0 saturated carbocycles. The largest absolute Gasteiger partial charge is 0.493 e. The van der Waals surface area contributed by atoms with Gasteiger partial charge in [0.1, 0.15) is 24.4 Å². The van der Waals surface area contributed by atoms with Crippen molar-refractivity contribution in [2.45, 2.75) is 82.9 Å². The summed E-state index contributed by atoms with van der Waals surface area (Å²) >= 11 is 0. The van der Waals surface area contributed by atoms with E-state index in [0.29, 0.717) is 11.5 Å². The van der Waals surface area contributed by atoms with Crippen LogP contribution in [-0.4, -0.2) is 60.9 Å². The fourth-order valence-corrected chi connectivity index (χ4v) is 4.64. The molecule has 0 amide bonds. The number of aryl methyl sites for hydroxylation is 1. The highest BCUT2D eigenvalue weighted by Gasteiger charge is 2.50. The first-order valence-electron chi connectivity index (χ1n) is 12.9. The van der Waals surface area contributed by atoms with Crippen molar-refractivity contribution in [2.75, 3.05) is 13.7 Å². The van der Waals surface area contributed by atoms with Crippen LogP contribution in [0.1, 0.15) is 50.2 Å². The zero-order valence-corrected chi connectivity index (χ0v) is 21.3. The summed E-state index contributed by atoms with van der Waals surface area (Å²) in [7, 11) is 1.55. The van der Waals surface area contributed by atoms with Gasteiger partial charge in [0.15, 0.2) is 17.8 Å². The van der Waals surface area contributed by atoms with Crippen LogP contribution in [0.2, 0.25) is 0 Å². The third-order valence-electron chi connectivity index (χ3n) is 6.67.